The summed E-state index contributed by atoms with van der Waals surface area (Å²) in [5, 5.41) is 5.17. The Morgan fingerprint density at radius 2 is 2.00 bits per heavy atom. The third-order valence-corrected chi connectivity index (χ3v) is 3.97. The molecule has 1 aliphatic heterocycles. The number of hydrogen-bond donors (Lipinski definition) is 1. The van der Waals surface area contributed by atoms with Crippen LogP contribution in [0.3, 0.4) is 0 Å². The lowest BCUT2D eigenvalue weighted by Gasteiger charge is -2.10. The van der Waals surface area contributed by atoms with Crippen LogP contribution >= 0.6 is 22.5 Å². The van der Waals surface area contributed by atoms with Crippen LogP contribution in [0.1, 0.15) is 0 Å². The van der Waals surface area contributed by atoms with E-state index in [4.69, 9.17) is 11.6 Å². The van der Waals surface area contributed by atoms with Crippen LogP contribution in [-0.4, -0.2) is 0 Å². The molecule has 0 saturated carbocycles. The van der Waals surface area contributed by atoms with Crippen LogP contribution in [0.2, 0.25) is 5.02 Å². The van der Waals surface area contributed by atoms with E-state index in [1.807, 2.05) is 18.2 Å². The quantitative estimate of drug-likeness (QED) is 0.652. The summed E-state index contributed by atoms with van der Waals surface area (Å²) < 4.78 is 0. The van der Waals surface area contributed by atoms with Crippen molar-refractivity contribution in [1.29, 1.82) is 0 Å². The molecule has 1 aromatic carbocycles. The average Bonchev–Trinajstić information content (AvgIpc) is 2.57. The summed E-state index contributed by atoms with van der Waals surface area (Å²) in [6.07, 6.45) is 4.12. The maximum atomic E-state index is 6.02. The minimum atomic E-state index is -0.310. The van der Waals surface area contributed by atoms with E-state index in [1.54, 1.807) is 0 Å². The fraction of sp³-hybridized carbons (Fsp3) is 0. The fourth-order valence-electron chi connectivity index (χ4n) is 1.09. The van der Waals surface area contributed by atoms with E-state index in [9.17, 15) is 0 Å². The third-order valence-electron chi connectivity index (χ3n) is 1.65. The van der Waals surface area contributed by atoms with Crippen LogP contribution in [0.15, 0.2) is 46.1 Å². The first-order valence-electron chi connectivity index (χ1n) is 3.67. The van der Waals surface area contributed by atoms with Crippen LogP contribution in [0.25, 0.3) is 0 Å². The Kier molecular flexibility index (Phi) is 2.24. The molecule has 0 amide bonds. The highest BCUT2D eigenvalue weighted by Gasteiger charge is 2.05. The van der Waals surface area contributed by atoms with Gasteiger partial charge in [0.1, 0.15) is 0 Å². The predicted molar refractivity (Wildman–Crippen MR) is 55.8 cm³/mol. The van der Waals surface area contributed by atoms with Crippen LogP contribution in [-0.2, 0) is 0 Å². The minimum absolute atomic E-state index is 0.310. The maximum Gasteiger partial charge on any atom is 0.0536 e. The van der Waals surface area contributed by atoms with Gasteiger partial charge in [0, 0.05) is 4.90 Å². The van der Waals surface area contributed by atoms with Gasteiger partial charge in [0.2, 0.25) is 0 Å². The smallest absolute Gasteiger partial charge is 0.0536 e. The summed E-state index contributed by atoms with van der Waals surface area (Å²) in [6.45, 7) is 0. The largest absolute Gasteiger partial charge is 0.184 e. The molecule has 0 nitrogen and oxygen atoms in total. The van der Waals surface area contributed by atoms with Gasteiger partial charge in [0.25, 0.3) is 0 Å². The molecule has 0 saturated heterocycles. The highest BCUT2D eigenvalue weighted by atomic mass is 35.5. The Balaban J connectivity index is 2.39. The van der Waals surface area contributed by atoms with E-state index >= 15 is 0 Å². The summed E-state index contributed by atoms with van der Waals surface area (Å²) in [5.74, 6) is 0. The molecule has 0 N–H and O–H groups in total. The van der Waals surface area contributed by atoms with Crippen molar-refractivity contribution in [2.24, 2.45) is 0 Å². The van der Waals surface area contributed by atoms with Crippen LogP contribution in [0.4, 0.5) is 0 Å². The van der Waals surface area contributed by atoms with Gasteiger partial charge in [-0.2, -0.15) is 10.9 Å². The van der Waals surface area contributed by atoms with Crippen LogP contribution in [0, 0.1) is 6.07 Å². The zero-order valence-corrected chi connectivity index (χ0v) is 8.02. The normalized spacial score (nSPS) is 17.2. The molecule has 0 atom stereocenters. The molecule has 0 bridgehead atoms. The standard InChI is InChI=1S/C10H8ClS/c11-9-5-1-2-6-10(9)12-7-3-4-8-12/h1-5,7-8,12H. The molecule has 0 spiro atoms. The number of halogens is 1. The molecule has 2 rings (SSSR count). The highest BCUT2D eigenvalue weighted by Crippen LogP contribution is 2.44. The van der Waals surface area contributed by atoms with Gasteiger partial charge in [-0.25, -0.2) is 0 Å². The first-order valence-corrected chi connectivity index (χ1v) is 5.53. The first kappa shape index (κ1) is 7.96. The molecule has 1 aromatic rings. The molecular weight excluding hydrogens is 188 g/mol. The van der Waals surface area contributed by atoms with E-state index < -0.39 is 0 Å². The summed E-state index contributed by atoms with van der Waals surface area (Å²) in [5.41, 5.74) is 0. The molecule has 1 heterocycles. The van der Waals surface area contributed by atoms with Gasteiger partial charge in [-0.1, -0.05) is 35.9 Å². The van der Waals surface area contributed by atoms with Gasteiger partial charge in [0.15, 0.2) is 0 Å². The Morgan fingerprint density at radius 3 is 2.67 bits per heavy atom. The topological polar surface area (TPSA) is 0 Å². The van der Waals surface area contributed by atoms with E-state index in [2.05, 4.69) is 29.0 Å². The SMILES string of the molecule is Clc1ccc[c]c1[SH]1C=CC=C1. The molecule has 61 valence electrons. The van der Waals surface area contributed by atoms with Crippen molar-refractivity contribution in [2.45, 2.75) is 4.90 Å². The molecule has 0 aliphatic carbocycles. The van der Waals surface area contributed by atoms with Gasteiger partial charge in [-0.15, -0.1) is 0 Å². The van der Waals surface area contributed by atoms with Crippen LogP contribution in [0.5, 0.6) is 0 Å². The monoisotopic (exact) mass is 195 g/mol. The predicted octanol–water partition coefficient (Wildman–Crippen LogP) is 3.54. The molecule has 0 fully saturated rings. The minimum Gasteiger partial charge on any atom is -0.184 e. The van der Waals surface area contributed by atoms with Gasteiger partial charge in [0.05, 0.1) is 5.02 Å². The Hall–Kier alpha value is -0.660. The van der Waals surface area contributed by atoms with Crippen molar-refractivity contribution in [1.82, 2.24) is 0 Å². The second-order valence-corrected chi connectivity index (χ2v) is 4.72. The van der Waals surface area contributed by atoms with Gasteiger partial charge in [-0.05, 0) is 22.9 Å². The summed E-state index contributed by atoms with van der Waals surface area (Å²) in [7, 11) is -0.310. The second kappa shape index (κ2) is 3.38. The Bertz CT molecular complexity index is 329. The lowest BCUT2D eigenvalue weighted by Crippen LogP contribution is -1.76. The second-order valence-electron chi connectivity index (χ2n) is 2.46. The number of hydrogen-bond acceptors (Lipinski definition) is 0. The molecule has 1 radical (unpaired) electrons. The van der Waals surface area contributed by atoms with E-state index in [0.29, 0.717) is 0 Å². The van der Waals surface area contributed by atoms with Gasteiger partial charge in [-0.3, -0.25) is 0 Å². The Labute approximate surface area is 79.9 Å². The van der Waals surface area contributed by atoms with E-state index in [0.717, 1.165) is 9.92 Å². The van der Waals surface area contributed by atoms with Crippen molar-refractivity contribution in [3.05, 3.63) is 52.3 Å². The number of rotatable bonds is 1. The maximum absolute atomic E-state index is 6.02. The third kappa shape index (κ3) is 1.43. The molecule has 2 heteroatoms. The number of thiol groups is 1. The molecule has 12 heavy (non-hydrogen) atoms. The van der Waals surface area contributed by atoms with Gasteiger partial charge < -0.3 is 0 Å². The van der Waals surface area contributed by atoms with Crippen molar-refractivity contribution >= 4 is 22.5 Å². The molecule has 1 aliphatic rings. The van der Waals surface area contributed by atoms with Gasteiger partial charge >= 0.3 is 0 Å². The zero-order valence-electron chi connectivity index (χ0n) is 6.37. The summed E-state index contributed by atoms with van der Waals surface area (Å²) in [6, 6.07) is 8.90. The number of allylic oxidation sites excluding steroid dienone is 2. The zero-order chi connectivity index (χ0) is 8.39. The first-order chi connectivity index (χ1) is 5.88. The highest BCUT2D eigenvalue weighted by molar-refractivity contribution is 8.22. The lowest BCUT2D eigenvalue weighted by atomic mass is 10.4. The van der Waals surface area contributed by atoms with Crippen molar-refractivity contribution in [3.8, 4) is 0 Å². The summed E-state index contributed by atoms with van der Waals surface area (Å²) in [4.78, 5) is 1.12. The molecule has 0 unspecified atom stereocenters. The summed E-state index contributed by atoms with van der Waals surface area (Å²) >= 11 is 6.02. The van der Waals surface area contributed by atoms with Crippen LogP contribution < -0.4 is 0 Å². The molecule has 0 aromatic heterocycles. The van der Waals surface area contributed by atoms with E-state index in [1.165, 1.54) is 0 Å². The van der Waals surface area contributed by atoms with Crippen molar-refractivity contribution in [3.63, 3.8) is 0 Å². The Morgan fingerprint density at radius 1 is 1.25 bits per heavy atom. The van der Waals surface area contributed by atoms with Crippen molar-refractivity contribution in [2.75, 3.05) is 0 Å². The van der Waals surface area contributed by atoms with E-state index in [-0.39, 0.29) is 10.9 Å². The molecular formula is C10H8ClS. The van der Waals surface area contributed by atoms with Crippen molar-refractivity contribution < 1.29 is 0 Å². The fourth-order valence-corrected chi connectivity index (χ4v) is 3.02. The lowest BCUT2D eigenvalue weighted by molar-refractivity contribution is 1.45. The average molecular weight is 196 g/mol. The number of benzene rings is 1.